The number of hydrogen-bond acceptors (Lipinski definition) is 5. The lowest BCUT2D eigenvalue weighted by Crippen LogP contribution is -2.08. The maximum atomic E-state index is 5.65. The average molecular weight is 280 g/mol. The standard InChI is InChI=1S/C15H16N6/c16-10-12-5-4-6-13(9-12)11-17-15-18-19-20-21(15)14-7-2-1-3-8-14/h1-9H,10-11,16H2,(H,17,18,20). The number of rotatable bonds is 5. The third kappa shape index (κ3) is 3.06. The van der Waals surface area contributed by atoms with Gasteiger partial charge in [0, 0.05) is 13.1 Å². The first-order valence-electron chi connectivity index (χ1n) is 6.72. The van der Waals surface area contributed by atoms with Crippen molar-refractivity contribution in [3.63, 3.8) is 0 Å². The Bertz CT molecular complexity index is 707. The molecule has 0 aliphatic heterocycles. The van der Waals surface area contributed by atoms with Crippen LogP contribution in [0.5, 0.6) is 0 Å². The van der Waals surface area contributed by atoms with Crippen molar-refractivity contribution in [3.05, 3.63) is 65.7 Å². The van der Waals surface area contributed by atoms with Gasteiger partial charge in [-0.2, -0.15) is 4.68 Å². The van der Waals surface area contributed by atoms with Crippen LogP contribution >= 0.6 is 0 Å². The Hall–Kier alpha value is -2.73. The smallest absolute Gasteiger partial charge is 0.248 e. The fraction of sp³-hybridized carbons (Fsp3) is 0.133. The van der Waals surface area contributed by atoms with Gasteiger partial charge in [-0.3, -0.25) is 0 Å². The van der Waals surface area contributed by atoms with Crippen LogP contribution in [0.1, 0.15) is 11.1 Å². The molecule has 6 heteroatoms. The highest BCUT2D eigenvalue weighted by Gasteiger charge is 2.07. The van der Waals surface area contributed by atoms with E-state index in [0.717, 1.165) is 16.8 Å². The molecule has 0 fully saturated rings. The van der Waals surface area contributed by atoms with Crippen molar-refractivity contribution in [2.75, 3.05) is 5.32 Å². The van der Waals surface area contributed by atoms with Gasteiger partial charge >= 0.3 is 0 Å². The summed E-state index contributed by atoms with van der Waals surface area (Å²) in [6.07, 6.45) is 0. The molecular weight excluding hydrogens is 264 g/mol. The van der Waals surface area contributed by atoms with E-state index in [-0.39, 0.29) is 0 Å². The lowest BCUT2D eigenvalue weighted by atomic mass is 10.1. The normalized spacial score (nSPS) is 10.5. The molecule has 21 heavy (non-hydrogen) atoms. The van der Waals surface area contributed by atoms with E-state index < -0.39 is 0 Å². The summed E-state index contributed by atoms with van der Waals surface area (Å²) in [5, 5.41) is 15.0. The minimum absolute atomic E-state index is 0.537. The van der Waals surface area contributed by atoms with Crippen LogP contribution < -0.4 is 11.1 Å². The van der Waals surface area contributed by atoms with Gasteiger partial charge < -0.3 is 11.1 Å². The van der Waals surface area contributed by atoms with Gasteiger partial charge in [0.05, 0.1) is 5.69 Å². The second-order valence-corrected chi connectivity index (χ2v) is 4.63. The first-order valence-corrected chi connectivity index (χ1v) is 6.72. The van der Waals surface area contributed by atoms with Gasteiger partial charge in [0.15, 0.2) is 0 Å². The van der Waals surface area contributed by atoms with Crippen LogP contribution in [0.25, 0.3) is 5.69 Å². The van der Waals surface area contributed by atoms with E-state index in [1.165, 1.54) is 0 Å². The number of nitrogens with one attached hydrogen (secondary N) is 1. The number of tetrazole rings is 1. The first kappa shape index (κ1) is 13.3. The van der Waals surface area contributed by atoms with Crippen LogP contribution in [0.3, 0.4) is 0 Å². The number of nitrogens with two attached hydrogens (primary N) is 1. The highest BCUT2D eigenvalue weighted by molar-refractivity contribution is 5.39. The lowest BCUT2D eigenvalue weighted by Gasteiger charge is -2.08. The summed E-state index contributed by atoms with van der Waals surface area (Å²) < 4.78 is 1.67. The molecular formula is C15H16N6. The molecule has 0 bridgehead atoms. The van der Waals surface area contributed by atoms with Crippen molar-refractivity contribution < 1.29 is 0 Å². The maximum absolute atomic E-state index is 5.65. The fourth-order valence-corrected chi connectivity index (χ4v) is 2.09. The molecule has 0 radical (unpaired) electrons. The molecule has 0 aliphatic carbocycles. The summed E-state index contributed by atoms with van der Waals surface area (Å²) in [7, 11) is 0. The molecule has 106 valence electrons. The third-order valence-electron chi connectivity index (χ3n) is 3.15. The van der Waals surface area contributed by atoms with Crippen molar-refractivity contribution >= 4 is 5.95 Å². The molecule has 0 spiro atoms. The van der Waals surface area contributed by atoms with Gasteiger partial charge in [-0.25, -0.2) is 0 Å². The minimum Gasteiger partial charge on any atom is -0.349 e. The van der Waals surface area contributed by atoms with Gasteiger partial charge in [0.25, 0.3) is 0 Å². The fourth-order valence-electron chi connectivity index (χ4n) is 2.09. The molecule has 3 aromatic rings. The predicted molar refractivity (Wildman–Crippen MR) is 80.8 cm³/mol. The highest BCUT2D eigenvalue weighted by Crippen LogP contribution is 2.12. The molecule has 0 saturated carbocycles. The first-order chi connectivity index (χ1) is 10.4. The molecule has 6 nitrogen and oxygen atoms in total. The van der Waals surface area contributed by atoms with E-state index >= 15 is 0 Å². The molecule has 0 atom stereocenters. The van der Waals surface area contributed by atoms with Crippen LogP contribution in [-0.4, -0.2) is 20.2 Å². The summed E-state index contributed by atoms with van der Waals surface area (Å²) in [5.74, 6) is 0.611. The summed E-state index contributed by atoms with van der Waals surface area (Å²) >= 11 is 0. The monoisotopic (exact) mass is 280 g/mol. The zero-order valence-corrected chi connectivity index (χ0v) is 11.5. The number of benzene rings is 2. The van der Waals surface area contributed by atoms with Gasteiger partial charge in [0.1, 0.15) is 0 Å². The van der Waals surface area contributed by atoms with Crippen LogP contribution in [0, 0.1) is 0 Å². The van der Waals surface area contributed by atoms with Crippen LogP contribution in [0.15, 0.2) is 54.6 Å². The van der Waals surface area contributed by atoms with E-state index in [9.17, 15) is 0 Å². The molecule has 3 N–H and O–H groups in total. The van der Waals surface area contributed by atoms with E-state index in [4.69, 9.17) is 5.73 Å². The second kappa shape index (κ2) is 6.15. The Labute approximate surface area is 122 Å². The quantitative estimate of drug-likeness (QED) is 0.744. The SMILES string of the molecule is NCc1cccc(CNc2nnnn2-c2ccccc2)c1. The van der Waals surface area contributed by atoms with E-state index in [1.807, 2.05) is 48.5 Å². The summed E-state index contributed by atoms with van der Waals surface area (Å²) in [4.78, 5) is 0. The van der Waals surface area contributed by atoms with Crippen molar-refractivity contribution in [3.8, 4) is 5.69 Å². The minimum atomic E-state index is 0.537. The van der Waals surface area contributed by atoms with Crippen molar-refractivity contribution in [1.29, 1.82) is 0 Å². The Morgan fingerprint density at radius 3 is 2.62 bits per heavy atom. The largest absolute Gasteiger partial charge is 0.349 e. The summed E-state index contributed by atoms with van der Waals surface area (Å²) in [5.41, 5.74) is 8.82. The number of nitrogens with zero attached hydrogens (tertiary/aromatic N) is 4. The predicted octanol–water partition coefficient (Wildman–Crippen LogP) is 1.73. The van der Waals surface area contributed by atoms with E-state index in [1.54, 1.807) is 4.68 Å². The lowest BCUT2D eigenvalue weighted by molar-refractivity contribution is 0.789. The number of para-hydroxylation sites is 1. The number of aromatic nitrogens is 4. The van der Waals surface area contributed by atoms with Crippen molar-refractivity contribution in [2.24, 2.45) is 5.73 Å². The summed E-state index contributed by atoms with van der Waals surface area (Å²) in [6, 6.07) is 17.9. The zero-order valence-electron chi connectivity index (χ0n) is 11.5. The van der Waals surface area contributed by atoms with Gasteiger partial charge in [-0.05, 0) is 33.7 Å². The second-order valence-electron chi connectivity index (χ2n) is 4.63. The third-order valence-corrected chi connectivity index (χ3v) is 3.15. The van der Waals surface area contributed by atoms with Crippen LogP contribution in [0.4, 0.5) is 5.95 Å². The van der Waals surface area contributed by atoms with Crippen LogP contribution in [-0.2, 0) is 13.1 Å². The molecule has 3 rings (SSSR count). The van der Waals surface area contributed by atoms with Crippen molar-refractivity contribution in [2.45, 2.75) is 13.1 Å². The van der Waals surface area contributed by atoms with Gasteiger partial charge in [-0.1, -0.05) is 47.6 Å². The highest BCUT2D eigenvalue weighted by atomic mass is 15.6. The number of anilines is 1. The zero-order chi connectivity index (χ0) is 14.5. The van der Waals surface area contributed by atoms with Gasteiger partial charge in [0.2, 0.25) is 5.95 Å². The molecule has 2 aromatic carbocycles. The Kier molecular flexibility index (Phi) is 3.88. The molecule has 0 aliphatic rings. The van der Waals surface area contributed by atoms with Crippen LogP contribution in [0.2, 0.25) is 0 Å². The Morgan fingerprint density at radius 1 is 1.00 bits per heavy atom. The molecule has 1 heterocycles. The average Bonchev–Trinajstić information content (AvgIpc) is 3.02. The molecule has 0 saturated heterocycles. The molecule has 0 amide bonds. The molecule has 1 aromatic heterocycles. The Morgan fingerprint density at radius 2 is 1.81 bits per heavy atom. The van der Waals surface area contributed by atoms with E-state index in [2.05, 4.69) is 26.9 Å². The number of hydrogen-bond donors (Lipinski definition) is 2. The van der Waals surface area contributed by atoms with E-state index in [0.29, 0.717) is 19.0 Å². The van der Waals surface area contributed by atoms with Crippen molar-refractivity contribution in [1.82, 2.24) is 20.2 Å². The van der Waals surface area contributed by atoms with Gasteiger partial charge in [-0.15, -0.1) is 0 Å². The molecule has 0 unspecified atom stereocenters. The Balaban J connectivity index is 1.76. The topological polar surface area (TPSA) is 81.7 Å². The maximum Gasteiger partial charge on any atom is 0.248 e. The summed E-state index contributed by atoms with van der Waals surface area (Å²) in [6.45, 7) is 1.18.